The first-order chi connectivity index (χ1) is 10.2. The molecule has 0 radical (unpaired) electrons. The number of hydrogen-bond acceptors (Lipinski definition) is 2. The quantitative estimate of drug-likeness (QED) is 0.906. The number of rotatable bonds is 4. The van der Waals surface area contributed by atoms with Crippen LogP contribution in [0.15, 0.2) is 48.8 Å². The highest BCUT2D eigenvalue weighted by atomic mass is 14.9. The van der Waals surface area contributed by atoms with Crippen molar-refractivity contribution in [2.45, 2.75) is 38.6 Å². The van der Waals surface area contributed by atoms with E-state index in [2.05, 4.69) is 67.6 Å². The maximum Gasteiger partial charge on any atom is 0.0273 e. The molecule has 0 saturated heterocycles. The van der Waals surface area contributed by atoms with Gasteiger partial charge in [0.1, 0.15) is 0 Å². The van der Waals surface area contributed by atoms with Crippen LogP contribution < -0.4 is 5.32 Å². The van der Waals surface area contributed by atoms with E-state index in [9.17, 15) is 0 Å². The monoisotopic (exact) mass is 280 g/mol. The fourth-order valence-electron chi connectivity index (χ4n) is 3.77. The fourth-order valence-corrected chi connectivity index (χ4v) is 3.77. The molecule has 3 rings (SSSR count). The van der Waals surface area contributed by atoms with E-state index in [0.717, 1.165) is 0 Å². The van der Waals surface area contributed by atoms with Crippen LogP contribution in [0.3, 0.4) is 0 Å². The minimum absolute atomic E-state index is 0.382. The van der Waals surface area contributed by atoms with Crippen LogP contribution in [0.5, 0.6) is 0 Å². The molecule has 21 heavy (non-hydrogen) atoms. The second-order valence-corrected chi connectivity index (χ2v) is 6.35. The third-order valence-corrected chi connectivity index (χ3v) is 5.50. The summed E-state index contributed by atoms with van der Waals surface area (Å²) in [6, 6.07) is 13.9. The van der Waals surface area contributed by atoms with Gasteiger partial charge in [0.15, 0.2) is 0 Å². The molecule has 1 saturated carbocycles. The number of pyridine rings is 1. The van der Waals surface area contributed by atoms with Crippen LogP contribution in [0.1, 0.15) is 38.2 Å². The standard InChI is InChI=1S/C19H24N2/c1-4-19(2)17(13-18(19)20-3)16-7-5-14(6-8-16)15-9-11-21-12-10-15/h5-12,17-18,20H,4,13H2,1-3H3. The second-order valence-electron chi connectivity index (χ2n) is 6.35. The molecule has 1 fully saturated rings. The SMILES string of the molecule is CCC1(C)C(NC)CC1c1ccc(-c2ccncc2)cc1. The van der Waals surface area contributed by atoms with Crippen molar-refractivity contribution in [2.24, 2.45) is 5.41 Å². The molecule has 1 aromatic carbocycles. The van der Waals surface area contributed by atoms with Crippen LogP contribution in [-0.2, 0) is 0 Å². The summed E-state index contributed by atoms with van der Waals surface area (Å²) < 4.78 is 0. The molecule has 1 aliphatic rings. The molecule has 1 N–H and O–H groups in total. The number of benzene rings is 1. The molecule has 0 aliphatic heterocycles. The first kappa shape index (κ1) is 14.3. The largest absolute Gasteiger partial charge is 0.316 e. The summed E-state index contributed by atoms with van der Waals surface area (Å²) in [6.45, 7) is 4.72. The Bertz CT molecular complexity index is 591. The zero-order valence-electron chi connectivity index (χ0n) is 13.1. The molecule has 3 atom stereocenters. The Hall–Kier alpha value is -1.67. The summed E-state index contributed by atoms with van der Waals surface area (Å²) >= 11 is 0. The summed E-state index contributed by atoms with van der Waals surface area (Å²) in [5, 5.41) is 3.47. The lowest BCUT2D eigenvalue weighted by Gasteiger charge is -2.54. The zero-order valence-corrected chi connectivity index (χ0v) is 13.1. The van der Waals surface area contributed by atoms with E-state index in [1.54, 1.807) is 0 Å². The van der Waals surface area contributed by atoms with Crippen molar-refractivity contribution in [2.75, 3.05) is 7.05 Å². The highest BCUT2D eigenvalue weighted by Crippen LogP contribution is 2.54. The van der Waals surface area contributed by atoms with E-state index < -0.39 is 0 Å². The van der Waals surface area contributed by atoms with Gasteiger partial charge in [-0.1, -0.05) is 38.1 Å². The van der Waals surface area contributed by atoms with Crippen LogP contribution in [0.4, 0.5) is 0 Å². The van der Waals surface area contributed by atoms with Gasteiger partial charge in [-0.15, -0.1) is 0 Å². The lowest BCUT2D eigenvalue weighted by Crippen LogP contribution is -2.55. The molecule has 0 bridgehead atoms. The minimum Gasteiger partial charge on any atom is -0.316 e. The van der Waals surface area contributed by atoms with Crippen molar-refractivity contribution in [3.05, 3.63) is 54.4 Å². The van der Waals surface area contributed by atoms with E-state index in [0.29, 0.717) is 17.4 Å². The molecular formula is C19H24N2. The average molecular weight is 280 g/mol. The van der Waals surface area contributed by atoms with Gasteiger partial charge in [-0.05, 0) is 60.0 Å². The summed E-state index contributed by atoms with van der Waals surface area (Å²) in [4.78, 5) is 4.08. The first-order valence-electron chi connectivity index (χ1n) is 7.86. The third-order valence-electron chi connectivity index (χ3n) is 5.50. The van der Waals surface area contributed by atoms with E-state index in [1.165, 1.54) is 29.5 Å². The molecule has 110 valence electrons. The Labute approximate surface area is 127 Å². The average Bonchev–Trinajstić information content (AvgIpc) is 2.55. The molecule has 2 nitrogen and oxygen atoms in total. The lowest BCUT2D eigenvalue weighted by molar-refractivity contribution is 0.0495. The number of nitrogens with zero attached hydrogens (tertiary/aromatic N) is 1. The Morgan fingerprint density at radius 1 is 1.10 bits per heavy atom. The second kappa shape index (κ2) is 5.61. The Morgan fingerprint density at radius 3 is 2.29 bits per heavy atom. The van der Waals surface area contributed by atoms with Crippen molar-refractivity contribution < 1.29 is 0 Å². The maximum atomic E-state index is 4.08. The summed E-state index contributed by atoms with van der Waals surface area (Å²) in [7, 11) is 2.08. The smallest absolute Gasteiger partial charge is 0.0273 e. The van der Waals surface area contributed by atoms with Gasteiger partial charge in [0, 0.05) is 18.4 Å². The van der Waals surface area contributed by atoms with Crippen molar-refractivity contribution >= 4 is 0 Å². The van der Waals surface area contributed by atoms with Gasteiger partial charge in [0.2, 0.25) is 0 Å². The topological polar surface area (TPSA) is 24.9 Å². The van der Waals surface area contributed by atoms with Crippen molar-refractivity contribution in [3.63, 3.8) is 0 Å². The van der Waals surface area contributed by atoms with Crippen LogP contribution in [0, 0.1) is 5.41 Å². The van der Waals surface area contributed by atoms with Gasteiger partial charge in [-0.3, -0.25) is 4.98 Å². The lowest BCUT2D eigenvalue weighted by atomic mass is 9.54. The molecule has 0 spiro atoms. The van der Waals surface area contributed by atoms with E-state index in [1.807, 2.05) is 12.4 Å². The van der Waals surface area contributed by atoms with E-state index >= 15 is 0 Å². The van der Waals surface area contributed by atoms with Crippen molar-refractivity contribution in [3.8, 4) is 11.1 Å². The molecule has 0 amide bonds. The molecule has 3 unspecified atom stereocenters. The summed E-state index contributed by atoms with van der Waals surface area (Å²) in [5.41, 5.74) is 4.36. The van der Waals surface area contributed by atoms with Crippen LogP contribution in [-0.4, -0.2) is 18.1 Å². The van der Waals surface area contributed by atoms with Gasteiger partial charge in [0.05, 0.1) is 0 Å². The van der Waals surface area contributed by atoms with Crippen molar-refractivity contribution in [1.82, 2.24) is 10.3 Å². The maximum absolute atomic E-state index is 4.08. The Morgan fingerprint density at radius 2 is 1.71 bits per heavy atom. The molecular weight excluding hydrogens is 256 g/mol. The highest BCUT2D eigenvalue weighted by Gasteiger charge is 2.49. The molecule has 2 aromatic rings. The van der Waals surface area contributed by atoms with Crippen molar-refractivity contribution in [1.29, 1.82) is 0 Å². The number of hydrogen-bond donors (Lipinski definition) is 1. The minimum atomic E-state index is 0.382. The molecule has 2 heteroatoms. The van der Waals surface area contributed by atoms with E-state index in [4.69, 9.17) is 0 Å². The first-order valence-corrected chi connectivity index (χ1v) is 7.86. The van der Waals surface area contributed by atoms with Gasteiger partial charge in [0.25, 0.3) is 0 Å². The van der Waals surface area contributed by atoms with E-state index in [-0.39, 0.29) is 0 Å². The van der Waals surface area contributed by atoms with Crippen LogP contribution in [0.2, 0.25) is 0 Å². The fraction of sp³-hybridized carbons (Fsp3) is 0.421. The normalized spacial score (nSPS) is 28.1. The van der Waals surface area contributed by atoms with Crippen LogP contribution >= 0.6 is 0 Å². The summed E-state index contributed by atoms with van der Waals surface area (Å²) in [6.07, 6.45) is 6.16. The highest BCUT2D eigenvalue weighted by molar-refractivity contribution is 5.63. The Kier molecular flexibility index (Phi) is 3.81. The van der Waals surface area contributed by atoms with Gasteiger partial charge in [-0.2, -0.15) is 0 Å². The molecule has 1 heterocycles. The van der Waals surface area contributed by atoms with Gasteiger partial charge < -0.3 is 5.32 Å². The molecule has 1 aromatic heterocycles. The third kappa shape index (κ3) is 2.38. The predicted octanol–water partition coefficient (Wildman–Crippen LogP) is 4.24. The number of nitrogens with one attached hydrogen (secondary N) is 1. The van der Waals surface area contributed by atoms with Crippen LogP contribution in [0.25, 0.3) is 11.1 Å². The summed E-state index contributed by atoms with van der Waals surface area (Å²) in [5.74, 6) is 0.673. The molecule has 1 aliphatic carbocycles. The zero-order chi connectivity index (χ0) is 14.9. The van der Waals surface area contributed by atoms with Gasteiger partial charge in [-0.25, -0.2) is 0 Å². The van der Waals surface area contributed by atoms with Gasteiger partial charge >= 0.3 is 0 Å². The Balaban J connectivity index is 1.83. The predicted molar refractivity (Wildman–Crippen MR) is 88.3 cm³/mol. The number of aromatic nitrogens is 1.